The molecule has 20 heteroatoms. The van der Waals surface area contributed by atoms with E-state index in [9.17, 15) is 39.9 Å². The summed E-state index contributed by atoms with van der Waals surface area (Å²) >= 11 is 1.86. The molecule has 0 spiro atoms. The van der Waals surface area contributed by atoms with Gasteiger partial charge in [0.15, 0.2) is 12.6 Å². The molecule has 70 heavy (non-hydrogen) atoms. The SMILES string of the molecule is CCC1OC(=O)[C@H](C)[C@@H](O[C@H]2C[C@@](C)(OC)[C@@H](O)[C@H](C)O2)[C@H](C)[C@@H](O[C@@H]2O[C@H](C)C[C@H](N(C)C)[C@H]2O)[C@](C)(O)C[C@@H](C)CN(CCCNC(=O)CCCC[C@H]2SC[C@H]3NC(=O)N[C@H]32)[C@H](C)[C@@H](O)[C@]1(C)O. The van der Waals surface area contributed by atoms with Crippen LogP contribution in [0.15, 0.2) is 0 Å². The molecule has 0 bridgehead atoms. The third kappa shape index (κ3) is 14.3. The van der Waals surface area contributed by atoms with Crippen LogP contribution in [0.1, 0.15) is 127 Å². The second-order valence-electron chi connectivity index (χ2n) is 22.3. The van der Waals surface area contributed by atoms with E-state index >= 15 is 0 Å². The van der Waals surface area contributed by atoms with Gasteiger partial charge in [0, 0.05) is 68.6 Å². The highest BCUT2D eigenvalue weighted by Crippen LogP contribution is 2.41. The van der Waals surface area contributed by atoms with Crippen LogP contribution >= 0.6 is 11.8 Å². The van der Waals surface area contributed by atoms with Crippen LogP contribution in [0.2, 0.25) is 0 Å². The van der Waals surface area contributed by atoms with E-state index < -0.39 is 96.0 Å². The Morgan fingerprint density at radius 3 is 2.31 bits per heavy atom. The lowest BCUT2D eigenvalue weighted by Gasteiger charge is -2.48. The van der Waals surface area contributed by atoms with Gasteiger partial charge in [-0.05, 0) is 107 Å². The van der Waals surface area contributed by atoms with Gasteiger partial charge in [-0.1, -0.05) is 27.2 Å². The number of methoxy groups -OCH3 is 1. The van der Waals surface area contributed by atoms with Crippen molar-refractivity contribution < 1.29 is 68.3 Å². The van der Waals surface area contributed by atoms with Crippen LogP contribution in [0.5, 0.6) is 0 Å². The number of thioether (sulfide) groups is 1. The molecule has 0 aromatic rings. The largest absolute Gasteiger partial charge is 0.459 e. The number of unbranched alkanes of at least 4 members (excludes halogenated alkanes) is 1. The number of amides is 3. The summed E-state index contributed by atoms with van der Waals surface area (Å²) in [6.07, 6.45) is -5.58. The fourth-order valence-electron chi connectivity index (χ4n) is 11.8. The van der Waals surface area contributed by atoms with Gasteiger partial charge in [-0.25, -0.2) is 4.79 Å². The number of rotatable bonds is 16. The molecule has 5 fully saturated rings. The molecule has 5 heterocycles. The molecule has 406 valence electrons. The normalized spacial score (nSPS) is 44.7. The number of esters is 1. The molecule has 0 aromatic heterocycles. The lowest BCUT2D eigenvalue weighted by molar-refractivity contribution is -0.318. The van der Waals surface area contributed by atoms with Crippen molar-refractivity contribution in [2.45, 2.75) is 235 Å². The zero-order valence-electron chi connectivity index (χ0n) is 44.3. The number of carbonyl (C=O) groups excluding carboxylic acids is 3. The van der Waals surface area contributed by atoms with Crippen LogP contribution in [0, 0.1) is 17.8 Å². The van der Waals surface area contributed by atoms with E-state index in [1.807, 2.05) is 63.4 Å². The molecule has 19 nitrogen and oxygen atoms in total. The zero-order chi connectivity index (χ0) is 52.0. The predicted molar refractivity (Wildman–Crippen MR) is 265 cm³/mol. The summed E-state index contributed by atoms with van der Waals surface area (Å²) < 4.78 is 38.1. The van der Waals surface area contributed by atoms with Crippen LogP contribution in [0.3, 0.4) is 0 Å². The monoisotopic (exact) mass is 1020 g/mol. The molecule has 5 aliphatic heterocycles. The first-order chi connectivity index (χ1) is 32.7. The Labute approximate surface area is 421 Å². The van der Waals surface area contributed by atoms with E-state index in [0.29, 0.717) is 44.1 Å². The first-order valence-electron chi connectivity index (χ1n) is 26.0. The third-order valence-corrected chi connectivity index (χ3v) is 17.6. The standard InChI is InChI=1S/C50H91N5O14S/c1-14-36-50(10,63)42(58)31(6)55(21-17-20-51-37(56)19-16-15-18-35-39-33(26-70-35)52-47(61)53-39)25-27(2)23-48(8,62)44(69-46-40(57)34(54(11)12)22-28(3)65-46)29(4)41(30(5)45(60)67-36)68-38-24-49(9,64-13)43(59)32(7)66-38/h27-36,38-44,46,57-59,62-63H,14-26H2,1-13H3,(H,51,56)(H2,52,53,61)/t27-,28-,29+,30-,31-,32+,33-,34+,35-,36?,38+,39-,40-,41+,42-,43+,44-,46+,48-,49-,50-/m1/s1. The topological polar surface area (TPSA) is 250 Å². The Balaban J connectivity index is 1.39. The number of aliphatic hydroxyl groups excluding tert-OH is 3. The second-order valence-corrected chi connectivity index (χ2v) is 23.6. The minimum atomic E-state index is -1.91. The van der Waals surface area contributed by atoms with Crippen LogP contribution in [0.4, 0.5) is 4.79 Å². The summed E-state index contributed by atoms with van der Waals surface area (Å²) in [5.74, 6) is -2.03. The van der Waals surface area contributed by atoms with Gasteiger partial charge in [0.25, 0.3) is 0 Å². The van der Waals surface area contributed by atoms with Crippen molar-refractivity contribution in [1.29, 1.82) is 0 Å². The van der Waals surface area contributed by atoms with E-state index in [0.717, 1.165) is 25.0 Å². The van der Waals surface area contributed by atoms with Crippen LogP contribution < -0.4 is 16.0 Å². The predicted octanol–water partition coefficient (Wildman–Crippen LogP) is 2.50. The summed E-state index contributed by atoms with van der Waals surface area (Å²) in [6.45, 7) is 18.7. The highest BCUT2D eigenvalue weighted by atomic mass is 32.2. The van der Waals surface area contributed by atoms with Gasteiger partial charge >= 0.3 is 12.0 Å². The number of cyclic esters (lactones) is 1. The number of hydrogen-bond acceptors (Lipinski definition) is 17. The molecule has 0 saturated carbocycles. The molecule has 0 aromatic carbocycles. The maximum Gasteiger partial charge on any atom is 0.315 e. The summed E-state index contributed by atoms with van der Waals surface area (Å²) in [7, 11) is 5.26. The zero-order valence-corrected chi connectivity index (χ0v) is 45.1. The van der Waals surface area contributed by atoms with E-state index in [2.05, 4.69) is 16.0 Å². The number of hydrogen-bond donors (Lipinski definition) is 8. The Morgan fingerprint density at radius 2 is 1.66 bits per heavy atom. The van der Waals surface area contributed by atoms with E-state index in [4.69, 9.17) is 28.4 Å². The number of likely N-dealkylation sites (N-methyl/N-ethyl adjacent to an activating group) is 1. The van der Waals surface area contributed by atoms with Gasteiger partial charge in [-0.3, -0.25) is 14.5 Å². The molecule has 21 atom stereocenters. The van der Waals surface area contributed by atoms with Crippen molar-refractivity contribution in [2.24, 2.45) is 17.8 Å². The molecule has 5 aliphatic rings. The summed E-state index contributed by atoms with van der Waals surface area (Å²) in [5.41, 5.74) is -4.63. The Kier molecular flexibility index (Phi) is 21.1. The lowest BCUT2D eigenvalue weighted by Crippen LogP contribution is -2.60. The molecule has 5 saturated heterocycles. The average molecular weight is 1020 g/mol. The van der Waals surface area contributed by atoms with E-state index in [-0.39, 0.29) is 61.3 Å². The van der Waals surface area contributed by atoms with Gasteiger partial charge < -0.3 is 74.8 Å². The number of urea groups is 1. The molecular weight excluding hydrogens is 927 g/mol. The third-order valence-electron chi connectivity index (χ3n) is 16.1. The highest BCUT2D eigenvalue weighted by molar-refractivity contribution is 8.00. The van der Waals surface area contributed by atoms with E-state index in [1.165, 1.54) is 14.0 Å². The van der Waals surface area contributed by atoms with E-state index in [1.54, 1.807) is 34.6 Å². The number of carbonyl (C=O) groups is 3. The molecule has 1 unspecified atom stereocenters. The smallest absolute Gasteiger partial charge is 0.315 e. The maximum atomic E-state index is 14.6. The number of aliphatic hydroxyl groups is 5. The maximum absolute atomic E-state index is 14.6. The fraction of sp³-hybridized carbons (Fsp3) is 0.940. The Hall–Kier alpha value is -1.92. The fourth-order valence-corrected chi connectivity index (χ4v) is 13.3. The summed E-state index contributed by atoms with van der Waals surface area (Å²) in [5, 5.41) is 69.4. The second kappa shape index (κ2) is 25.1. The van der Waals surface area contributed by atoms with Crippen LogP contribution in [0.25, 0.3) is 0 Å². The Morgan fingerprint density at radius 1 is 0.957 bits per heavy atom. The van der Waals surface area contributed by atoms with Gasteiger partial charge in [-0.2, -0.15) is 11.8 Å². The number of fused-ring (bicyclic) bond motifs is 1. The van der Waals surface area contributed by atoms with Crippen LogP contribution in [-0.4, -0.2) is 207 Å². The summed E-state index contributed by atoms with van der Waals surface area (Å²) in [6, 6.07) is -0.801. The molecular formula is C50H91N5O14S. The van der Waals surface area contributed by atoms with Crippen molar-refractivity contribution in [2.75, 3.05) is 46.6 Å². The summed E-state index contributed by atoms with van der Waals surface area (Å²) in [4.78, 5) is 43.3. The van der Waals surface area contributed by atoms with Crippen molar-refractivity contribution in [3.8, 4) is 0 Å². The number of ether oxygens (including phenoxy) is 6. The van der Waals surface area contributed by atoms with Gasteiger partial charge in [-0.15, -0.1) is 0 Å². The van der Waals surface area contributed by atoms with Gasteiger partial charge in [0.05, 0.1) is 53.6 Å². The quantitative estimate of drug-likeness (QED) is 0.0629. The van der Waals surface area contributed by atoms with Crippen molar-refractivity contribution >= 4 is 29.7 Å². The Bertz CT molecular complexity index is 1700. The number of nitrogens with one attached hydrogen (secondary N) is 3. The minimum absolute atomic E-state index is 0.0530. The molecule has 5 rings (SSSR count). The highest BCUT2D eigenvalue weighted by Gasteiger charge is 2.53. The van der Waals surface area contributed by atoms with Crippen molar-refractivity contribution in [3.05, 3.63) is 0 Å². The minimum Gasteiger partial charge on any atom is -0.459 e. The molecule has 0 radical (unpaired) electrons. The van der Waals surface area contributed by atoms with Gasteiger partial charge in [0.2, 0.25) is 5.91 Å². The number of nitrogens with zero attached hydrogens (tertiary/aromatic N) is 2. The first kappa shape index (κ1) is 59.0. The van der Waals surface area contributed by atoms with Crippen molar-refractivity contribution in [3.63, 3.8) is 0 Å². The average Bonchev–Trinajstić information content (AvgIpc) is 3.85. The lowest BCUT2D eigenvalue weighted by atomic mass is 9.77. The van der Waals surface area contributed by atoms with Gasteiger partial charge in [0.1, 0.15) is 30.0 Å². The molecule has 0 aliphatic carbocycles. The molecule has 3 amide bonds. The van der Waals surface area contributed by atoms with Crippen LogP contribution in [-0.2, 0) is 38.0 Å². The van der Waals surface area contributed by atoms with Crippen molar-refractivity contribution in [1.82, 2.24) is 25.8 Å². The molecule has 8 N–H and O–H groups in total. The first-order valence-corrected chi connectivity index (χ1v) is 27.0.